The van der Waals surface area contributed by atoms with Crippen LogP contribution in [0.1, 0.15) is 34.5 Å². The third-order valence-corrected chi connectivity index (χ3v) is 7.69. The zero-order valence-corrected chi connectivity index (χ0v) is 20.1. The summed E-state index contributed by atoms with van der Waals surface area (Å²) in [6.07, 6.45) is 6.55. The van der Waals surface area contributed by atoms with E-state index >= 15 is 0 Å². The van der Waals surface area contributed by atoms with Crippen molar-refractivity contribution in [1.82, 2.24) is 20.0 Å². The van der Waals surface area contributed by atoms with E-state index in [4.69, 9.17) is 0 Å². The van der Waals surface area contributed by atoms with Gasteiger partial charge in [0.05, 0.1) is 11.2 Å². The molecule has 0 saturated carbocycles. The zero-order valence-electron chi connectivity index (χ0n) is 20.1. The maximum atomic E-state index is 13.2. The van der Waals surface area contributed by atoms with E-state index in [-0.39, 0.29) is 5.91 Å². The smallest absolute Gasteiger partial charge is 0.253 e. The number of benzene rings is 3. The van der Waals surface area contributed by atoms with Crippen LogP contribution in [0.15, 0.2) is 72.8 Å². The van der Waals surface area contributed by atoms with Gasteiger partial charge >= 0.3 is 0 Å². The average molecular weight is 463 g/mol. The fraction of sp³-hybridized carbons (Fsp3) is 0.267. The molecule has 0 bridgehead atoms. The van der Waals surface area contributed by atoms with Crippen molar-refractivity contribution in [3.8, 4) is 11.1 Å². The Morgan fingerprint density at radius 3 is 2.49 bits per heavy atom. The van der Waals surface area contributed by atoms with Crippen molar-refractivity contribution in [1.29, 1.82) is 0 Å². The Balaban J connectivity index is 1.23. The first-order valence-corrected chi connectivity index (χ1v) is 12.4. The van der Waals surface area contributed by atoms with Crippen LogP contribution in [-0.2, 0) is 0 Å². The van der Waals surface area contributed by atoms with E-state index in [0.29, 0.717) is 5.41 Å². The average Bonchev–Trinajstić information content (AvgIpc) is 3.29. The number of fused-ring (bicyclic) bond motifs is 1. The van der Waals surface area contributed by atoms with Crippen LogP contribution in [0.5, 0.6) is 0 Å². The summed E-state index contributed by atoms with van der Waals surface area (Å²) in [6.45, 7) is 4.02. The molecule has 0 aliphatic carbocycles. The lowest BCUT2D eigenvalue weighted by Gasteiger charge is -2.53. The molecule has 35 heavy (non-hydrogen) atoms. The van der Waals surface area contributed by atoms with Crippen LogP contribution >= 0.6 is 0 Å². The van der Waals surface area contributed by atoms with Gasteiger partial charge in [0.25, 0.3) is 5.91 Å². The fourth-order valence-corrected chi connectivity index (χ4v) is 5.48. The molecule has 3 aromatic carbocycles. The summed E-state index contributed by atoms with van der Waals surface area (Å²) in [5, 5.41) is 8.58. The first-order valence-electron chi connectivity index (χ1n) is 12.4. The number of amides is 1. The number of carbonyl (C=O) groups excluding carboxylic acids is 1. The van der Waals surface area contributed by atoms with Crippen molar-refractivity contribution < 1.29 is 4.79 Å². The molecule has 176 valence electrons. The number of hydrogen-bond donors (Lipinski definition) is 1. The molecule has 2 saturated heterocycles. The highest BCUT2D eigenvalue weighted by molar-refractivity contribution is 6.00. The van der Waals surface area contributed by atoms with Gasteiger partial charge < -0.3 is 9.80 Å². The SMILES string of the molecule is CN1CCC2(CC1)CN(C(=O)c1ccc3n[nH]c(/C=C/c4ccccc4-c4ccccc4)c3c1)C2. The van der Waals surface area contributed by atoms with Gasteiger partial charge in [-0.05, 0) is 73.9 Å². The normalized spacial score (nSPS) is 17.8. The molecule has 5 heteroatoms. The standard InChI is InChI=1S/C30H30N4O/c1-33-17-15-30(16-18-33)20-34(21-30)29(35)24-12-14-28-26(19-24)27(31-32-28)13-11-23-9-5-6-10-25(23)22-7-3-2-4-8-22/h2-14,19H,15-18,20-21H2,1H3,(H,31,32)/b13-11+. The highest BCUT2D eigenvalue weighted by atomic mass is 16.2. The number of nitrogens with zero attached hydrogens (tertiary/aromatic N) is 3. The second-order valence-electron chi connectivity index (χ2n) is 10.1. The van der Waals surface area contributed by atoms with Gasteiger partial charge in [-0.2, -0.15) is 5.10 Å². The quantitative estimate of drug-likeness (QED) is 0.432. The lowest BCUT2D eigenvalue weighted by atomic mass is 9.72. The van der Waals surface area contributed by atoms with Gasteiger partial charge in [0, 0.05) is 29.5 Å². The molecule has 2 aliphatic rings. The summed E-state index contributed by atoms with van der Waals surface area (Å²) < 4.78 is 0. The Bertz CT molecular complexity index is 1390. The van der Waals surface area contributed by atoms with Crippen LogP contribution in [0.25, 0.3) is 34.2 Å². The van der Waals surface area contributed by atoms with Crippen molar-refractivity contribution in [3.05, 3.63) is 89.6 Å². The van der Waals surface area contributed by atoms with E-state index in [1.54, 1.807) is 0 Å². The van der Waals surface area contributed by atoms with Gasteiger partial charge in [-0.1, -0.05) is 60.7 Å². The molecule has 4 aromatic rings. The Labute approximate surface area is 206 Å². The number of rotatable bonds is 4. The minimum Gasteiger partial charge on any atom is -0.337 e. The number of hydrogen-bond acceptors (Lipinski definition) is 3. The largest absolute Gasteiger partial charge is 0.337 e. The Morgan fingerprint density at radius 2 is 1.69 bits per heavy atom. The van der Waals surface area contributed by atoms with Gasteiger partial charge in [-0.15, -0.1) is 0 Å². The number of nitrogens with one attached hydrogen (secondary N) is 1. The molecular formula is C30H30N4O. The van der Waals surface area contributed by atoms with Crippen molar-refractivity contribution >= 4 is 29.0 Å². The molecule has 1 N–H and O–H groups in total. The van der Waals surface area contributed by atoms with Crippen LogP contribution in [0.4, 0.5) is 0 Å². The van der Waals surface area contributed by atoms with Crippen LogP contribution < -0.4 is 0 Å². The molecule has 1 amide bonds. The molecule has 6 rings (SSSR count). The van der Waals surface area contributed by atoms with Gasteiger partial charge in [0.2, 0.25) is 0 Å². The Morgan fingerprint density at radius 1 is 0.943 bits per heavy atom. The Hall–Kier alpha value is -3.70. The van der Waals surface area contributed by atoms with E-state index in [1.165, 1.54) is 24.0 Å². The van der Waals surface area contributed by atoms with Crippen LogP contribution in [0.2, 0.25) is 0 Å². The van der Waals surface area contributed by atoms with Crippen molar-refractivity contribution in [2.45, 2.75) is 12.8 Å². The summed E-state index contributed by atoms with van der Waals surface area (Å²) in [5.74, 6) is 0.127. The molecule has 0 atom stereocenters. The summed E-state index contributed by atoms with van der Waals surface area (Å²) in [7, 11) is 2.18. The second-order valence-corrected chi connectivity index (χ2v) is 10.1. The molecular weight excluding hydrogens is 432 g/mol. The molecule has 2 aliphatic heterocycles. The molecule has 2 fully saturated rings. The third kappa shape index (κ3) is 4.17. The van der Waals surface area contributed by atoms with E-state index in [1.807, 2.05) is 29.2 Å². The van der Waals surface area contributed by atoms with Gasteiger partial charge in [-0.3, -0.25) is 9.89 Å². The third-order valence-electron chi connectivity index (χ3n) is 7.69. The highest BCUT2D eigenvalue weighted by Crippen LogP contribution is 2.40. The maximum absolute atomic E-state index is 13.2. The number of piperidine rings is 1. The van der Waals surface area contributed by atoms with Gasteiger partial charge in [0.1, 0.15) is 0 Å². The lowest BCUT2D eigenvalue weighted by Crippen LogP contribution is -2.61. The number of carbonyl (C=O) groups is 1. The topological polar surface area (TPSA) is 52.2 Å². The van der Waals surface area contributed by atoms with Crippen LogP contribution in [-0.4, -0.2) is 59.1 Å². The number of aromatic amines is 1. The summed E-state index contributed by atoms with van der Waals surface area (Å²) >= 11 is 0. The van der Waals surface area contributed by atoms with Crippen molar-refractivity contribution in [3.63, 3.8) is 0 Å². The maximum Gasteiger partial charge on any atom is 0.253 e. The molecule has 1 spiro atoms. The number of aromatic nitrogens is 2. The van der Waals surface area contributed by atoms with Crippen LogP contribution in [0, 0.1) is 5.41 Å². The van der Waals surface area contributed by atoms with E-state index in [9.17, 15) is 4.79 Å². The molecule has 3 heterocycles. The lowest BCUT2D eigenvalue weighted by molar-refractivity contribution is -0.0283. The minimum atomic E-state index is 0.127. The summed E-state index contributed by atoms with van der Waals surface area (Å²) in [5.41, 5.74) is 6.36. The first-order chi connectivity index (χ1) is 17.1. The van der Waals surface area contributed by atoms with Crippen LogP contribution in [0.3, 0.4) is 0 Å². The molecule has 0 unspecified atom stereocenters. The van der Waals surface area contributed by atoms with Crippen molar-refractivity contribution in [2.75, 3.05) is 33.2 Å². The number of likely N-dealkylation sites (tertiary alicyclic amines) is 2. The summed E-state index contributed by atoms with van der Waals surface area (Å²) in [6, 6.07) is 24.6. The van der Waals surface area contributed by atoms with E-state index < -0.39 is 0 Å². The molecule has 0 radical (unpaired) electrons. The van der Waals surface area contributed by atoms with Gasteiger partial charge in [0.15, 0.2) is 0 Å². The number of H-pyrrole nitrogens is 1. The molecule has 1 aromatic heterocycles. The predicted molar refractivity (Wildman–Crippen MR) is 142 cm³/mol. The van der Waals surface area contributed by atoms with E-state index in [2.05, 4.69) is 82.8 Å². The predicted octanol–water partition coefficient (Wildman–Crippen LogP) is 5.57. The Kier molecular flexibility index (Phi) is 5.50. The minimum absolute atomic E-state index is 0.127. The van der Waals surface area contributed by atoms with Gasteiger partial charge in [-0.25, -0.2) is 0 Å². The highest BCUT2D eigenvalue weighted by Gasteiger charge is 2.46. The molecule has 5 nitrogen and oxygen atoms in total. The fourth-order valence-electron chi connectivity index (χ4n) is 5.48. The monoisotopic (exact) mass is 462 g/mol. The second kappa shape index (κ2) is 8.82. The van der Waals surface area contributed by atoms with Crippen molar-refractivity contribution in [2.24, 2.45) is 5.41 Å². The zero-order chi connectivity index (χ0) is 23.8. The first kappa shape index (κ1) is 21.8. The summed E-state index contributed by atoms with van der Waals surface area (Å²) in [4.78, 5) is 17.6. The van der Waals surface area contributed by atoms with E-state index in [0.717, 1.165) is 53.9 Å².